The summed E-state index contributed by atoms with van der Waals surface area (Å²) in [6.07, 6.45) is 7.69. The van der Waals surface area contributed by atoms with Gasteiger partial charge in [0.1, 0.15) is 0 Å². The fourth-order valence-corrected chi connectivity index (χ4v) is 3.76. The SMILES string of the molecule is CCNC(C=C(C)C)c1cc2c(s1)CCCC2. The van der Waals surface area contributed by atoms with Crippen molar-refractivity contribution in [2.45, 2.75) is 52.5 Å². The van der Waals surface area contributed by atoms with Gasteiger partial charge in [-0.1, -0.05) is 18.6 Å². The molecule has 17 heavy (non-hydrogen) atoms. The molecule has 1 aromatic rings. The molecule has 0 spiro atoms. The van der Waals surface area contributed by atoms with Crippen LogP contribution in [0.25, 0.3) is 0 Å². The number of rotatable bonds is 4. The predicted molar refractivity (Wildman–Crippen MR) is 76.8 cm³/mol. The van der Waals surface area contributed by atoms with Gasteiger partial charge >= 0.3 is 0 Å². The summed E-state index contributed by atoms with van der Waals surface area (Å²) in [7, 11) is 0. The van der Waals surface area contributed by atoms with Crippen LogP contribution < -0.4 is 5.32 Å². The lowest BCUT2D eigenvalue weighted by molar-refractivity contribution is 0.652. The molecule has 1 aromatic heterocycles. The minimum absolute atomic E-state index is 0.417. The summed E-state index contributed by atoms with van der Waals surface area (Å²) >= 11 is 2.02. The van der Waals surface area contributed by atoms with Gasteiger partial charge in [0.15, 0.2) is 0 Å². The summed E-state index contributed by atoms with van der Waals surface area (Å²) in [6, 6.07) is 2.85. The van der Waals surface area contributed by atoms with E-state index in [1.54, 1.807) is 10.4 Å². The zero-order valence-electron chi connectivity index (χ0n) is 11.2. The van der Waals surface area contributed by atoms with Gasteiger partial charge in [0.25, 0.3) is 0 Å². The molecular weight excluding hydrogens is 226 g/mol. The summed E-state index contributed by atoms with van der Waals surface area (Å²) in [4.78, 5) is 3.14. The molecule has 0 amide bonds. The Kier molecular flexibility index (Phi) is 4.41. The second-order valence-corrected chi connectivity index (χ2v) is 6.25. The van der Waals surface area contributed by atoms with Crippen LogP contribution in [0.15, 0.2) is 17.7 Å². The molecule has 0 saturated carbocycles. The normalized spacial score (nSPS) is 16.4. The zero-order chi connectivity index (χ0) is 12.3. The third kappa shape index (κ3) is 3.20. The molecule has 2 rings (SSSR count). The van der Waals surface area contributed by atoms with Crippen molar-refractivity contribution in [2.75, 3.05) is 6.54 Å². The lowest BCUT2D eigenvalue weighted by Crippen LogP contribution is -2.18. The van der Waals surface area contributed by atoms with E-state index >= 15 is 0 Å². The summed E-state index contributed by atoms with van der Waals surface area (Å²) in [5.41, 5.74) is 3.00. The molecule has 2 heteroatoms. The highest BCUT2D eigenvalue weighted by molar-refractivity contribution is 7.12. The molecule has 0 radical (unpaired) electrons. The number of likely N-dealkylation sites (N-methyl/N-ethyl adjacent to an activating group) is 1. The van der Waals surface area contributed by atoms with Crippen LogP contribution in [0.2, 0.25) is 0 Å². The van der Waals surface area contributed by atoms with Crippen LogP contribution in [0.5, 0.6) is 0 Å². The summed E-state index contributed by atoms with van der Waals surface area (Å²) in [6.45, 7) is 7.56. The van der Waals surface area contributed by atoms with Crippen LogP contribution in [0.1, 0.15) is 55.0 Å². The summed E-state index contributed by atoms with van der Waals surface area (Å²) in [5, 5.41) is 3.57. The van der Waals surface area contributed by atoms with Crippen molar-refractivity contribution in [1.82, 2.24) is 5.32 Å². The first-order valence-electron chi connectivity index (χ1n) is 6.70. The van der Waals surface area contributed by atoms with Crippen molar-refractivity contribution >= 4 is 11.3 Å². The van der Waals surface area contributed by atoms with Crippen LogP contribution in [0.3, 0.4) is 0 Å². The Morgan fingerprint density at radius 1 is 1.41 bits per heavy atom. The molecule has 0 aliphatic heterocycles. The molecule has 1 aliphatic rings. The molecule has 94 valence electrons. The van der Waals surface area contributed by atoms with E-state index in [1.165, 1.54) is 36.1 Å². The van der Waals surface area contributed by atoms with Crippen LogP contribution >= 0.6 is 11.3 Å². The van der Waals surface area contributed by atoms with Gasteiger partial charge in [0, 0.05) is 9.75 Å². The Balaban J connectivity index is 2.23. The maximum absolute atomic E-state index is 3.57. The number of nitrogens with one attached hydrogen (secondary N) is 1. The van der Waals surface area contributed by atoms with Gasteiger partial charge in [-0.15, -0.1) is 11.3 Å². The molecular formula is C15H23NS. The second-order valence-electron chi connectivity index (χ2n) is 5.08. The van der Waals surface area contributed by atoms with Crippen LogP contribution in [-0.2, 0) is 12.8 Å². The number of hydrogen-bond acceptors (Lipinski definition) is 2. The number of aryl methyl sites for hydroxylation is 2. The Morgan fingerprint density at radius 2 is 2.18 bits per heavy atom. The molecule has 1 atom stereocenters. The van der Waals surface area contributed by atoms with E-state index in [0.29, 0.717) is 6.04 Å². The van der Waals surface area contributed by atoms with E-state index in [0.717, 1.165) is 6.54 Å². The van der Waals surface area contributed by atoms with E-state index < -0.39 is 0 Å². The Hall–Kier alpha value is -0.600. The third-order valence-electron chi connectivity index (χ3n) is 3.25. The van der Waals surface area contributed by atoms with Crippen molar-refractivity contribution in [1.29, 1.82) is 0 Å². The average Bonchev–Trinajstić information content (AvgIpc) is 2.71. The van der Waals surface area contributed by atoms with Crippen LogP contribution in [-0.4, -0.2) is 6.54 Å². The topological polar surface area (TPSA) is 12.0 Å². The first-order chi connectivity index (χ1) is 8.20. The van der Waals surface area contributed by atoms with E-state index in [9.17, 15) is 0 Å². The number of allylic oxidation sites excluding steroid dienone is 1. The summed E-state index contributed by atoms with van der Waals surface area (Å²) in [5.74, 6) is 0. The first kappa shape index (κ1) is 12.8. The highest BCUT2D eigenvalue weighted by Gasteiger charge is 2.17. The molecule has 1 unspecified atom stereocenters. The molecule has 0 fully saturated rings. The maximum atomic E-state index is 3.57. The highest BCUT2D eigenvalue weighted by atomic mass is 32.1. The molecule has 1 heterocycles. The monoisotopic (exact) mass is 249 g/mol. The van der Waals surface area contributed by atoms with Crippen molar-refractivity contribution in [3.8, 4) is 0 Å². The largest absolute Gasteiger partial charge is 0.306 e. The fourth-order valence-electron chi connectivity index (χ4n) is 2.46. The minimum atomic E-state index is 0.417. The van der Waals surface area contributed by atoms with Gasteiger partial charge in [-0.2, -0.15) is 0 Å². The standard InChI is InChI=1S/C15H23NS/c1-4-16-13(9-11(2)3)15-10-12-7-5-6-8-14(12)17-15/h9-10,13,16H,4-8H2,1-3H3. The van der Waals surface area contributed by atoms with Gasteiger partial charge < -0.3 is 5.32 Å². The van der Waals surface area contributed by atoms with Gasteiger partial charge in [0.2, 0.25) is 0 Å². The van der Waals surface area contributed by atoms with Gasteiger partial charge in [0.05, 0.1) is 6.04 Å². The molecule has 1 N–H and O–H groups in total. The second kappa shape index (κ2) is 5.83. The number of hydrogen-bond donors (Lipinski definition) is 1. The summed E-state index contributed by atoms with van der Waals surface area (Å²) < 4.78 is 0. The van der Waals surface area contributed by atoms with Gasteiger partial charge in [-0.25, -0.2) is 0 Å². The van der Waals surface area contributed by atoms with E-state index in [4.69, 9.17) is 0 Å². The van der Waals surface area contributed by atoms with Crippen LogP contribution in [0.4, 0.5) is 0 Å². The average molecular weight is 249 g/mol. The molecule has 1 nitrogen and oxygen atoms in total. The maximum Gasteiger partial charge on any atom is 0.0603 e. The third-order valence-corrected chi connectivity index (χ3v) is 4.57. The Bertz CT molecular complexity index is 376. The fraction of sp³-hybridized carbons (Fsp3) is 0.600. The van der Waals surface area contributed by atoms with Crippen molar-refractivity contribution in [3.63, 3.8) is 0 Å². The van der Waals surface area contributed by atoms with E-state index in [2.05, 4.69) is 38.2 Å². The van der Waals surface area contributed by atoms with Gasteiger partial charge in [-0.3, -0.25) is 0 Å². The van der Waals surface area contributed by atoms with Gasteiger partial charge in [-0.05, 0) is 57.7 Å². The minimum Gasteiger partial charge on any atom is -0.306 e. The van der Waals surface area contributed by atoms with Crippen LogP contribution in [0, 0.1) is 0 Å². The molecule has 1 aliphatic carbocycles. The van der Waals surface area contributed by atoms with Crippen molar-refractivity contribution in [2.24, 2.45) is 0 Å². The van der Waals surface area contributed by atoms with Crippen molar-refractivity contribution < 1.29 is 0 Å². The smallest absolute Gasteiger partial charge is 0.0603 e. The van der Waals surface area contributed by atoms with E-state index in [1.807, 2.05) is 11.3 Å². The predicted octanol–water partition coefficient (Wildman–Crippen LogP) is 4.24. The first-order valence-corrected chi connectivity index (χ1v) is 7.52. The quantitative estimate of drug-likeness (QED) is 0.787. The zero-order valence-corrected chi connectivity index (χ0v) is 12.0. The Labute approximate surface area is 109 Å². The van der Waals surface area contributed by atoms with Crippen molar-refractivity contribution in [3.05, 3.63) is 33.0 Å². The molecule has 0 aromatic carbocycles. The lowest BCUT2D eigenvalue weighted by atomic mass is 9.98. The number of thiophene rings is 1. The number of fused-ring (bicyclic) bond motifs is 1. The highest BCUT2D eigenvalue weighted by Crippen LogP contribution is 2.33. The van der Waals surface area contributed by atoms with E-state index in [-0.39, 0.29) is 0 Å². The molecule has 0 bridgehead atoms. The molecule has 0 saturated heterocycles. The lowest BCUT2D eigenvalue weighted by Gasteiger charge is -2.12. The Morgan fingerprint density at radius 3 is 2.82 bits per heavy atom.